The Morgan fingerprint density at radius 3 is 2.38 bits per heavy atom. The summed E-state index contributed by atoms with van der Waals surface area (Å²) in [5, 5.41) is 7.80. The van der Waals surface area contributed by atoms with Crippen molar-refractivity contribution in [2.24, 2.45) is 5.14 Å². The molecular formula is C18H23N3O4S. The van der Waals surface area contributed by atoms with Crippen LogP contribution in [0.1, 0.15) is 15.9 Å². The van der Waals surface area contributed by atoms with Crippen LogP contribution in [0.15, 0.2) is 48.5 Å². The van der Waals surface area contributed by atoms with Crippen molar-refractivity contribution in [1.29, 1.82) is 0 Å². The zero-order valence-electron chi connectivity index (χ0n) is 14.8. The number of rotatable bonds is 8. The molecule has 0 aromatic heterocycles. The summed E-state index contributed by atoms with van der Waals surface area (Å²) in [7, 11) is 0.308. The van der Waals surface area contributed by atoms with Crippen molar-refractivity contribution in [3.63, 3.8) is 0 Å². The molecule has 26 heavy (non-hydrogen) atoms. The number of ether oxygens (including phenoxy) is 1. The zero-order valence-corrected chi connectivity index (χ0v) is 15.6. The van der Waals surface area contributed by atoms with Gasteiger partial charge in [0.1, 0.15) is 12.4 Å². The standard InChI is InChI=1S/C18H23N3O4S/c1-21(2)11-12-25-17-6-4-3-5-16(17)18(22)20-15-9-7-14(8-10-15)13-26(19,23)24/h3-10H,11-13H2,1-2H3,(H,20,22)(H2,19,23,24). The van der Waals surface area contributed by atoms with Gasteiger partial charge in [-0.1, -0.05) is 24.3 Å². The Morgan fingerprint density at radius 2 is 1.77 bits per heavy atom. The SMILES string of the molecule is CN(C)CCOc1ccccc1C(=O)Nc1ccc(CS(N)(=O)=O)cc1. The quantitative estimate of drug-likeness (QED) is 0.729. The van der Waals surface area contributed by atoms with Crippen LogP contribution in [0.3, 0.4) is 0 Å². The highest BCUT2D eigenvalue weighted by Gasteiger charge is 2.13. The van der Waals surface area contributed by atoms with Gasteiger partial charge in [0.2, 0.25) is 10.0 Å². The summed E-state index contributed by atoms with van der Waals surface area (Å²) in [5.74, 6) is -0.0358. The molecule has 0 aliphatic rings. The van der Waals surface area contributed by atoms with Gasteiger partial charge >= 0.3 is 0 Å². The number of amides is 1. The van der Waals surface area contributed by atoms with Crippen LogP contribution in [0.2, 0.25) is 0 Å². The molecule has 2 aromatic carbocycles. The van der Waals surface area contributed by atoms with E-state index in [1.807, 2.05) is 25.1 Å². The molecule has 8 heteroatoms. The second-order valence-corrected chi connectivity index (χ2v) is 7.72. The summed E-state index contributed by atoms with van der Waals surface area (Å²) in [4.78, 5) is 14.5. The minimum absolute atomic E-state index is 0.246. The number of anilines is 1. The second kappa shape index (κ2) is 8.79. The number of primary sulfonamides is 1. The summed E-state index contributed by atoms with van der Waals surface area (Å²) in [6.07, 6.45) is 0. The second-order valence-electron chi connectivity index (χ2n) is 6.11. The van der Waals surface area contributed by atoms with Crippen LogP contribution >= 0.6 is 0 Å². The van der Waals surface area contributed by atoms with Crippen molar-refractivity contribution in [2.45, 2.75) is 5.75 Å². The van der Waals surface area contributed by atoms with Crippen molar-refractivity contribution in [3.05, 3.63) is 59.7 Å². The van der Waals surface area contributed by atoms with Gasteiger partial charge in [-0.05, 0) is 43.9 Å². The number of carbonyl (C=O) groups excluding carboxylic acids is 1. The number of nitrogens with zero attached hydrogens (tertiary/aromatic N) is 1. The molecule has 0 aliphatic heterocycles. The van der Waals surface area contributed by atoms with E-state index in [1.165, 1.54) is 0 Å². The monoisotopic (exact) mass is 377 g/mol. The summed E-state index contributed by atoms with van der Waals surface area (Å²) < 4.78 is 27.9. The molecule has 0 unspecified atom stereocenters. The number of para-hydroxylation sites is 1. The molecular weight excluding hydrogens is 354 g/mol. The maximum absolute atomic E-state index is 12.5. The average molecular weight is 377 g/mol. The van der Waals surface area contributed by atoms with Gasteiger partial charge in [-0.2, -0.15) is 0 Å². The lowest BCUT2D eigenvalue weighted by Gasteiger charge is -2.14. The van der Waals surface area contributed by atoms with Gasteiger partial charge < -0.3 is 15.0 Å². The first kappa shape index (κ1) is 19.9. The topological polar surface area (TPSA) is 102 Å². The molecule has 1 amide bonds. The van der Waals surface area contributed by atoms with Gasteiger partial charge in [-0.3, -0.25) is 4.79 Å². The molecule has 0 fully saturated rings. The van der Waals surface area contributed by atoms with Crippen LogP contribution in [-0.2, 0) is 15.8 Å². The van der Waals surface area contributed by atoms with E-state index in [4.69, 9.17) is 9.88 Å². The first-order valence-corrected chi connectivity index (χ1v) is 9.73. The van der Waals surface area contributed by atoms with Gasteiger partial charge in [0.05, 0.1) is 11.3 Å². The van der Waals surface area contributed by atoms with Crippen molar-refractivity contribution in [3.8, 4) is 5.75 Å². The van der Waals surface area contributed by atoms with Crippen LogP contribution in [0, 0.1) is 0 Å². The highest BCUT2D eigenvalue weighted by molar-refractivity contribution is 7.88. The van der Waals surface area contributed by atoms with Gasteiger partial charge in [0.25, 0.3) is 5.91 Å². The molecule has 2 aromatic rings. The smallest absolute Gasteiger partial charge is 0.259 e. The Morgan fingerprint density at radius 1 is 1.12 bits per heavy atom. The van der Waals surface area contributed by atoms with Gasteiger partial charge in [-0.25, -0.2) is 13.6 Å². The van der Waals surface area contributed by atoms with E-state index in [-0.39, 0.29) is 11.7 Å². The highest BCUT2D eigenvalue weighted by atomic mass is 32.2. The Kier molecular flexibility index (Phi) is 6.73. The Labute approximate surface area is 153 Å². The first-order valence-electron chi connectivity index (χ1n) is 8.02. The van der Waals surface area contributed by atoms with Gasteiger partial charge in [0, 0.05) is 12.2 Å². The third-order valence-electron chi connectivity index (χ3n) is 3.51. The fraction of sp³-hybridized carbons (Fsp3) is 0.278. The van der Waals surface area contributed by atoms with Crippen molar-refractivity contribution in [2.75, 3.05) is 32.6 Å². The molecule has 3 N–H and O–H groups in total. The molecule has 0 atom stereocenters. The largest absolute Gasteiger partial charge is 0.491 e. The molecule has 0 saturated heterocycles. The lowest BCUT2D eigenvalue weighted by Crippen LogP contribution is -2.20. The molecule has 0 radical (unpaired) electrons. The van der Waals surface area contributed by atoms with E-state index >= 15 is 0 Å². The first-order chi connectivity index (χ1) is 12.2. The van der Waals surface area contributed by atoms with Crippen LogP contribution in [0.5, 0.6) is 5.75 Å². The number of likely N-dealkylation sites (N-methyl/N-ethyl adjacent to an activating group) is 1. The molecule has 0 heterocycles. The predicted molar refractivity (Wildman–Crippen MR) is 102 cm³/mol. The van der Waals surface area contributed by atoms with E-state index in [9.17, 15) is 13.2 Å². The summed E-state index contributed by atoms with van der Waals surface area (Å²) >= 11 is 0. The summed E-state index contributed by atoms with van der Waals surface area (Å²) in [5.41, 5.74) is 1.54. The van der Waals surface area contributed by atoms with Crippen molar-refractivity contribution in [1.82, 2.24) is 4.90 Å². The number of benzene rings is 2. The normalized spacial score (nSPS) is 11.4. The number of nitrogens with one attached hydrogen (secondary N) is 1. The minimum atomic E-state index is -3.58. The fourth-order valence-corrected chi connectivity index (χ4v) is 2.89. The Hall–Kier alpha value is -2.42. The van der Waals surface area contributed by atoms with Crippen LogP contribution < -0.4 is 15.2 Å². The number of nitrogens with two attached hydrogens (primary N) is 1. The van der Waals surface area contributed by atoms with Crippen molar-refractivity contribution < 1.29 is 17.9 Å². The predicted octanol–water partition coefficient (Wildman–Crippen LogP) is 1.67. The van der Waals surface area contributed by atoms with Gasteiger partial charge in [0.15, 0.2) is 0 Å². The van der Waals surface area contributed by atoms with E-state index < -0.39 is 10.0 Å². The minimum Gasteiger partial charge on any atom is -0.491 e. The lowest BCUT2D eigenvalue weighted by atomic mass is 10.1. The van der Waals surface area contributed by atoms with Crippen molar-refractivity contribution >= 4 is 21.6 Å². The zero-order chi connectivity index (χ0) is 19.2. The number of carbonyl (C=O) groups is 1. The van der Waals surface area contributed by atoms with E-state index in [1.54, 1.807) is 42.5 Å². The summed E-state index contributed by atoms with van der Waals surface area (Å²) in [6.45, 7) is 1.21. The maximum atomic E-state index is 12.5. The third-order valence-corrected chi connectivity index (χ3v) is 4.24. The molecule has 0 aliphatic carbocycles. The maximum Gasteiger partial charge on any atom is 0.259 e. The molecule has 140 valence electrons. The average Bonchev–Trinajstić information content (AvgIpc) is 2.55. The fourth-order valence-electron chi connectivity index (χ4n) is 2.23. The highest BCUT2D eigenvalue weighted by Crippen LogP contribution is 2.20. The number of hydrogen-bond acceptors (Lipinski definition) is 5. The number of hydrogen-bond donors (Lipinski definition) is 2. The van der Waals surface area contributed by atoms with Crippen LogP contribution in [0.25, 0.3) is 0 Å². The summed E-state index contributed by atoms with van der Waals surface area (Å²) in [6, 6.07) is 13.5. The van der Waals surface area contributed by atoms with Crippen LogP contribution in [0.4, 0.5) is 5.69 Å². The van der Waals surface area contributed by atoms with Gasteiger partial charge in [-0.15, -0.1) is 0 Å². The number of sulfonamides is 1. The molecule has 0 saturated carbocycles. The molecule has 7 nitrogen and oxygen atoms in total. The van der Waals surface area contributed by atoms with Crippen LogP contribution in [-0.4, -0.2) is 46.5 Å². The third kappa shape index (κ3) is 6.47. The molecule has 0 spiro atoms. The lowest BCUT2D eigenvalue weighted by molar-refractivity contribution is 0.102. The van der Waals surface area contributed by atoms with E-state index in [2.05, 4.69) is 5.32 Å². The Bertz CT molecular complexity index is 849. The van der Waals surface area contributed by atoms with E-state index in [0.29, 0.717) is 29.2 Å². The van der Waals surface area contributed by atoms with E-state index in [0.717, 1.165) is 6.54 Å². The molecule has 0 bridgehead atoms. The Balaban J connectivity index is 2.05. The molecule has 2 rings (SSSR count).